The number of ketones is 1. The van der Waals surface area contributed by atoms with E-state index in [1.807, 2.05) is 0 Å². The second-order valence-corrected chi connectivity index (χ2v) is 6.89. The Morgan fingerprint density at radius 3 is 2.42 bits per heavy atom. The van der Waals surface area contributed by atoms with Crippen LogP contribution in [0.25, 0.3) is 0 Å². The summed E-state index contributed by atoms with van der Waals surface area (Å²) < 4.78 is 63.6. The third kappa shape index (κ3) is 6.71. The molecule has 14 heteroatoms. The molecule has 180 valence electrons. The van der Waals surface area contributed by atoms with Crippen molar-refractivity contribution >= 4 is 29.9 Å². The molecule has 0 saturated carbocycles. The standard InChI is InChI=1S/C19H18F4N2O8/c20-10-3-11(21)17(23)18(16(10)22)33-8-13(27)12(4-15(29)30)24-19(31)9-5-25(14(28)6-26)1-2-32-7-9/h3,6,9,12H,1-2,4-5,7-8H2,(H,24,31)(H,29,30). The van der Waals surface area contributed by atoms with Crippen LogP contribution < -0.4 is 10.1 Å². The molecule has 1 heterocycles. The van der Waals surface area contributed by atoms with Gasteiger partial charge in [-0.1, -0.05) is 0 Å². The lowest BCUT2D eigenvalue weighted by Crippen LogP contribution is -2.49. The molecule has 0 bridgehead atoms. The van der Waals surface area contributed by atoms with E-state index >= 15 is 0 Å². The predicted molar refractivity (Wildman–Crippen MR) is 97.9 cm³/mol. The average molecular weight is 478 g/mol. The molecule has 0 aliphatic carbocycles. The maximum Gasteiger partial charge on any atom is 0.305 e. The lowest BCUT2D eigenvalue weighted by Gasteiger charge is -2.23. The Morgan fingerprint density at radius 2 is 1.85 bits per heavy atom. The Morgan fingerprint density at radius 1 is 1.21 bits per heavy atom. The Balaban J connectivity index is 2.11. The molecular weight excluding hydrogens is 460 g/mol. The maximum atomic E-state index is 13.7. The van der Waals surface area contributed by atoms with Gasteiger partial charge in [-0.2, -0.15) is 8.78 Å². The Bertz CT molecular complexity index is 932. The molecule has 1 saturated heterocycles. The zero-order valence-corrected chi connectivity index (χ0v) is 16.8. The van der Waals surface area contributed by atoms with Crippen LogP contribution in [0.5, 0.6) is 5.75 Å². The molecule has 2 rings (SSSR count). The highest BCUT2D eigenvalue weighted by atomic mass is 19.2. The molecule has 33 heavy (non-hydrogen) atoms. The lowest BCUT2D eigenvalue weighted by molar-refractivity contribution is -0.141. The van der Waals surface area contributed by atoms with Crippen molar-refractivity contribution in [2.24, 2.45) is 5.92 Å². The number of carboxylic acids is 1. The fraction of sp³-hybridized carbons (Fsp3) is 0.421. The first-order valence-corrected chi connectivity index (χ1v) is 9.37. The third-order valence-corrected chi connectivity index (χ3v) is 4.56. The van der Waals surface area contributed by atoms with Crippen molar-refractivity contribution in [1.82, 2.24) is 10.2 Å². The maximum absolute atomic E-state index is 13.7. The molecule has 0 aromatic heterocycles. The van der Waals surface area contributed by atoms with Crippen LogP contribution in [-0.2, 0) is 28.7 Å². The van der Waals surface area contributed by atoms with Gasteiger partial charge in [-0.25, -0.2) is 8.78 Å². The van der Waals surface area contributed by atoms with Crippen molar-refractivity contribution in [2.75, 3.05) is 32.9 Å². The van der Waals surface area contributed by atoms with E-state index in [0.29, 0.717) is 0 Å². The van der Waals surface area contributed by atoms with Gasteiger partial charge in [0.05, 0.1) is 25.6 Å². The molecule has 1 aromatic rings. The van der Waals surface area contributed by atoms with Crippen molar-refractivity contribution in [3.05, 3.63) is 29.3 Å². The summed E-state index contributed by atoms with van der Waals surface area (Å²) >= 11 is 0. The van der Waals surface area contributed by atoms with E-state index in [1.165, 1.54) is 0 Å². The second kappa shape index (κ2) is 11.4. The smallest absolute Gasteiger partial charge is 0.305 e. The van der Waals surface area contributed by atoms with Crippen molar-refractivity contribution in [3.63, 3.8) is 0 Å². The number of nitrogens with zero attached hydrogens (tertiary/aromatic N) is 1. The molecule has 10 nitrogen and oxygen atoms in total. The zero-order chi connectivity index (χ0) is 24.7. The summed E-state index contributed by atoms with van der Waals surface area (Å²) in [5, 5.41) is 11.1. The van der Waals surface area contributed by atoms with Crippen LogP contribution in [0.15, 0.2) is 6.07 Å². The van der Waals surface area contributed by atoms with Gasteiger partial charge in [0.15, 0.2) is 23.2 Å². The molecule has 1 aliphatic heterocycles. The Labute approximate surface area is 183 Å². The predicted octanol–water partition coefficient (Wildman–Crippen LogP) is -0.176. The van der Waals surface area contributed by atoms with Gasteiger partial charge in [-0.05, 0) is 0 Å². The number of amides is 2. The number of benzene rings is 1. The van der Waals surface area contributed by atoms with Gasteiger partial charge < -0.3 is 24.8 Å². The number of carbonyl (C=O) groups excluding carboxylic acids is 4. The number of nitrogens with one attached hydrogen (secondary N) is 1. The van der Waals surface area contributed by atoms with Gasteiger partial charge in [-0.3, -0.25) is 24.0 Å². The fourth-order valence-corrected chi connectivity index (χ4v) is 2.88. The first-order chi connectivity index (χ1) is 15.5. The number of carbonyl (C=O) groups is 5. The van der Waals surface area contributed by atoms with Crippen LogP contribution in [0.2, 0.25) is 0 Å². The van der Waals surface area contributed by atoms with Gasteiger partial charge in [0.2, 0.25) is 23.8 Å². The second-order valence-electron chi connectivity index (χ2n) is 6.89. The van der Waals surface area contributed by atoms with E-state index in [2.05, 4.69) is 10.1 Å². The highest BCUT2D eigenvalue weighted by Crippen LogP contribution is 2.26. The van der Waals surface area contributed by atoms with Crippen LogP contribution in [0.3, 0.4) is 0 Å². The molecule has 0 spiro atoms. The summed E-state index contributed by atoms with van der Waals surface area (Å²) in [6.07, 6.45) is -0.914. The number of hydrogen-bond acceptors (Lipinski definition) is 7. The average Bonchev–Trinajstić information content (AvgIpc) is 3.02. The normalized spacial score (nSPS) is 17.0. The van der Waals surface area contributed by atoms with Crippen LogP contribution in [0.4, 0.5) is 17.6 Å². The molecule has 1 aliphatic rings. The zero-order valence-electron chi connectivity index (χ0n) is 16.8. The van der Waals surface area contributed by atoms with Crippen LogP contribution in [0, 0.1) is 29.2 Å². The Hall–Kier alpha value is -3.55. The topological polar surface area (TPSA) is 139 Å². The fourth-order valence-electron chi connectivity index (χ4n) is 2.88. The SMILES string of the molecule is O=CC(=O)N1CCOCC(C(=O)NC(CC(=O)O)C(=O)COc2c(F)c(F)cc(F)c2F)C1. The van der Waals surface area contributed by atoms with E-state index in [1.54, 1.807) is 0 Å². The van der Waals surface area contributed by atoms with E-state index in [9.17, 15) is 41.5 Å². The van der Waals surface area contributed by atoms with Crippen LogP contribution in [0.1, 0.15) is 6.42 Å². The summed E-state index contributed by atoms with van der Waals surface area (Å²) in [5.74, 6) is -14.5. The Kier molecular flexibility index (Phi) is 8.85. The summed E-state index contributed by atoms with van der Waals surface area (Å²) in [6, 6.07) is -1.82. The highest BCUT2D eigenvalue weighted by Gasteiger charge is 2.32. The van der Waals surface area contributed by atoms with Crippen molar-refractivity contribution < 1.29 is 56.1 Å². The number of aliphatic carboxylic acids is 1. The largest absolute Gasteiger partial charge is 0.481 e. The van der Waals surface area contributed by atoms with Gasteiger partial charge >= 0.3 is 5.97 Å². The minimum atomic E-state index is -1.91. The molecule has 1 fully saturated rings. The molecule has 2 amide bonds. The minimum absolute atomic E-state index is 0.0218. The number of halogens is 4. The molecule has 2 N–H and O–H groups in total. The summed E-state index contributed by atoms with van der Waals surface area (Å²) in [4.78, 5) is 59.4. The highest BCUT2D eigenvalue weighted by molar-refractivity contribution is 6.23. The quantitative estimate of drug-likeness (QED) is 0.216. The molecule has 0 radical (unpaired) electrons. The number of rotatable bonds is 9. The third-order valence-electron chi connectivity index (χ3n) is 4.56. The van der Waals surface area contributed by atoms with Gasteiger partial charge in [0.25, 0.3) is 5.91 Å². The first kappa shape index (κ1) is 25.7. The minimum Gasteiger partial charge on any atom is -0.481 e. The van der Waals surface area contributed by atoms with E-state index in [-0.39, 0.29) is 38.7 Å². The number of carboxylic acid groups (broad SMARTS) is 1. The first-order valence-electron chi connectivity index (χ1n) is 9.37. The summed E-state index contributed by atoms with van der Waals surface area (Å²) in [6.45, 7) is -1.65. The summed E-state index contributed by atoms with van der Waals surface area (Å²) in [7, 11) is 0. The van der Waals surface area contributed by atoms with Crippen molar-refractivity contribution in [1.29, 1.82) is 0 Å². The van der Waals surface area contributed by atoms with Gasteiger partial charge in [0.1, 0.15) is 12.6 Å². The van der Waals surface area contributed by atoms with E-state index in [0.717, 1.165) is 4.90 Å². The number of ether oxygens (including phenoxy) is 2. The van der Waals surface area contributed by atoms with Crippen LogP contribution >= 0.6 is 0 Å². The summed E-state index contributed by atoms with van der Waals surface area (Å²) in [5.41, 5.74) is 0. The number of hydrogen-bond donors (Lipinski definition) is 2. The molecule has 2 atom stereocenters. The van der Waals surface area contributed by atoms with Gasteiger partial charge in [-0.15, -0.1) is 0 Å². The molecule has 2 unspecified atom stereocenters. The van der Waals surface area contributed by atoms with Crippen molar-refractivity contribution in [2.45, 2.75) is 12.5 Å². The van der Waals surface area contributed by atoms with Crippen molar-refractivity contribution in [3.8, 4) is 5.75 Å². The molecular formula is C19H18F4N2O8. The molecule has 1 aromatic carbocycles. The van der Waals surface area contributed by atoms with E-state index in [4.69, 9.17) is 9.84 Å². The number of Topliss-reactive ketones (excluding diaryl/α,β-unsaturated/α-hetero) is 1. The van der Waals surface area contributed by atoms with E-state index < -0.39 is 77.6 Å². The number of aldehydes is 1. The van der Waals surface area contributed by atoms with Crippen LogP contribution in [-0.4, -0.2) is 78.8 Å². The van der Waals surface area contributed by atoms with Gasteiger partial charge in [0, 0.05) is 19.2 Å². The lowest BCUT2D eigenvalue weighted by atomic mass is 10.1. The monoisotopic (exact) mass is 478 g/mol.